The maximum atomic E-state index is 13.0. The number of nitrogens with zero attached hydrogens (tertiary/aromatic N) is 1. The molecule has 2 aromatic carbocycles. The van der Waals surface area contributed by atoms with Crippen LogP contribution in [-0.2, 0) is 19.6 Å². The first-order valence-corrected chi connectivity index (χ1v) is 13.1. The molecule has 3 rings (SSSR count). The largest absolute Gasteiger partial charge is 0.301 e. The second-order valence-corrected chi connectivity index (χ2v) is 10.1. The summed E-state index contributed by atoms with van der Waals surface area (Å²) in [5, 5.41) is 13.5. The van der Waals surface area contributed by atoms with Gasteiger partial charge in [-0.15, -0.1) is 11.3 Å². The molecule has 3 aromatic rings. The van der Waals surface area contributed by atoms with Crippen LogP contribution < -0.4 is 15.5 Å². The van der Waals surface area contributed by atoms with Gasteiger partial charge in [0.15, 0.2) is 5.13 Å². The molecule has 0 aliphatic carbocycles. The van der Waals surface area contributed by atoms with Crippen molar-refractivity contribution in [2.45, 2.75) is 43.0 Å². The average Bonchev–Trinajstić information content (AvgIpc) is 3.32. The van der Waals surface area contributed by atoms with Gasteiger partial charge < -0.3 is 5.32 Å². The van der Waals surface area contributed by atoms with E-state index in [1.807, 2.05) is 35.7 Å². The lowest BCUT2D eigenvalue weighted by atomic mass is 10.1. The highest BCUT2D eigenvalue weighted by Gasteiger charge is 2.26. The van der Waals surface area contributed by atoms with E-state index >= 15 is 0 Å². The molecule has 1 atom stereocenters. The zero-order valence-electron chi connectivity index (χ0n) is 18.3. The van der Waals surface area contributed by atoms with Gasteiger partial charge in [-0.25, -0.2) is 18.9 Å². The van der Waals surface area contributed by atoms with Crippen LogP contribution in [0.25, 0.3) is 11.3 Å². The Kier molecular flexibility index (Phi) is 9.28. The van der Waals surface area contributed by atoms with Gasteiger partial charge in [-0.2, -0.15) is 4.72 Å². The highest BCUT2D eigenvalue weighted by molar-refractivity contribution is 7.89. The van der Waals surface area contributed by atoms with E-state index in [9.17, 15) is 18.0 Å². The highest BCUT2D eigenvalue weighted by Crippen LogP contribution is 2.25. The summed E-state index contributed by atoms with van der Waals surface area (Å²) in [6.45, 7) is 0. The van der Waals surface area contributed by atoms with Crippen LogP contribution >= 0.6 is 11.3 Å². The van der Waals surface area contributed by atoms with Gasteiger partial charge in [0, 0.05) is 17.4 Å². The number of sulfonamides is 1. The number of anilines is 1. The molecule has 0 saturated heterocycles. The molecule has 11 heteroatoms. The summed E-state index contributed by atoms with van der Waals surface area (Å²) < 4.78 is 28.1. The van der Waals surface area contributed by atoms with Gasteiger partial charge in [0.25, 0.3) is 0 Å². The van der Waals surface area contributed by atoms with E-state index < -0.39 is 27.9 Å². The van der Waals surface area contributed by atoms with E-state index in [4.69, 9.17) is 5.21 Å². The molecule has 0 aliphatic heterocycles. The fraction of sp³-hybridized carbons (Fsp3) is 0.261. The maximum Gasteiger partial charge on any atom is 0.244 e. The van der Waals surface area contributed by atoms with Crippen molar-refractivity contribution in [1.82, 2.24) is 15.2 Å². The Morgan fingerprint density at radius 1 is 0.971 bits per heavy atom. The number of hydrogen-bond donors (Lipinski definition) is 4. The number of carbonyl (C=O) groups excluding carboxylic acids is 2. The first-order chi connectivity index (χ1) is 16.4. The normalized spacial score (nSPS) is 12.1. The van der Waals surface area contributed by atoms with Gasteiger partial charge in [0.2, 0.25) is 21.8 Å². The van der Waals surface area contributed by atoms with Crippen molar-refractivity contribution in [1.29, 1.82) is 0 Å². The molecular weight excluding hydrogens is 476 g/mol. The lowest BCUT2D eigenvalue weighted by Gasteiger charge is -2.18. The number of benzene rings is 2. The van der Waals surface area contributed by atoms with Crippen LogP contribution in [0, 0.1) is 0 Å². The molecule has 1 aromatic heterocycles. The lowest BCUT2D eigenvalue weighted by Crippen LogP contribution is -2.43. The predicted octanol–water partition coefficient (Wildman–Crippen LogP) is 3.55. The molecule has 0 radical (unpaired) electrons. The van der Waals surface area contributed by atoms with Gasteiger partial charge in [-0.05, 0) is 25.0 Å². The second-order valence-electron chi connectivity index (χ2n) is 7.51. The van der Waals surface area contributed by atoms with E-state index in [1.54, 1.807) is 23.7 Å². The van der Waals surface area contributed by atoms with Gasteiger partial charge in [0.05, 0.1) is 10.6 Å². The van der Waals surface area contributed by atoms with Crippen molar-refractivity contribution < 1.29 is 23.2 Å². The van der Waals surface area contributed by atoms with E-state index in [2.05, 4.69) is 15.0 Å². The molecule has 9 nitrogen and oxygen atoms in total. The lowest BCUT2D eigenvalue weighted by molar-refractivity contribution is -0.129. The van der Waals surface area contributed by atoms with Gasteiger partial charge in [-0.3, -0.25) is 14.8 Å². The maximum absolute atomic E-state index is 13.0. The molecule has 0 aliphatic rings. The number of hydrogen-bond acceptors (Lipinski definition) is 7. The van der Waals surface area contributed by atoms with Crippen molar-refractivity contribution in [3.05, 3.63) is 66.0 Å². The molecule has 4 N–H and O–H groups in total. The van der Waals surface area contributed by atoms with Crippen molar-refractivity contribution in [3.8, 4) is 11.3 Å². The van der Waals surface area contributed by atoms with E-state index in [0.717, 1.165) is 5.56 Å². The second kappa shape index (κ2) is 12.4. The van der Waals surface area contributed by atoms with Crippen LogP contribution in [0.15, 0.2) is 70.9 Å². The van der Waals surface area contributed by atoms with Crippen LogP contribution in [0.3, 0.4) is 0 Å². The van der Waals surface area contributed by atoms with Crippen LogP contribution in [0.2, 0.25) is 0 Å². The molecule has 2 amide bonds. The van der Waals surface area contributed by atoms with E-state index in [-0.39, 0.29) is 17.7 Å². The standard InChI is InChI=1S/C23H26N4O5S2/c28-21(26-30)15-9-3-8-14-19(27-34(31,32)18-12-6-2-7-13-18)22(29)25-23-24-20(16-33-23)17-10-4-1-5-11-17/h1-2,4-7,10-13,16,19,27,30H,3,8-9,14-15H2,(H,26,28)(H,24,25,29)/t19-/m0/s1. The number of rotatable bonds is 12. The van der Waals surface area contributed by atoms with Gasteiger partial charge in [0.1, 0.15) is 6.04 Å². The zero-order chi connectivity index (χ0) is 24.4. The average molecular weight is 503 g/mol. The quantitative estimate of drug-likeness (QED) is 0.170. The Balaban J connectivity index is 1.68. The summed E-state index contributed by atoms with van der Waals surface area (Å²) in [5.41, 5.74) is 3.19. The third kappa shape index (κ3) is 7.45. The minimum absolute atomic E-state index is 0.0630. The molecule has 180 valence electrons. The Labute approximate surface area is 202 Å². The number of nitrogens with one attached hydrogen (secondary N) is 3. The number of thiazole rings is 1. The third-order valence-electron chi connectivity index (χ3n) is 4.99. The Hall–Kier alpha value is -3.12. The molecule has 0 spiro atoms. The molecule has 0 unspecified atom stereocenters. The number of amides is 2. The highest BCUT2D eigenvalue weighted by atomic mass is 32.2. The third-order valence-corrected chi connectivity index (χ3v) is 7.24. The first-order valence-electron chi connectivity index (χ1n) is 10.7. The summed E-state index contributed by atoms with van der Waals surface area (Å²) in [5.74, 6) is -1.00. The molecule has 0 saturated carbocycles. The SMILES string of the molecule is O=C(CCCCC[C@H](NS(=O)(=O)c1ccccc1)C(=O)Nc1nc(-c2ccccc2)cs1)NO. The number of unbranched alkanes of at least 4 members (excludes halogenated alkanes) is 2. The molecule has 1 heterocycles. The summed E-state index contributed by atoms with van der Waals surface area (Å²) in [4.78, 5) is 28.7. The smallest absolute Gasteiger partial charge is 0.244 e. The minimum atomic E-state index is -3.92. The van der Waals surface area contributed by atoms with Crippen molar-refractivity contribution in [3.63, 3.8) is 0 Å². The monoisotopic (exact) mass is 502 g/mol. The summed E-state index contributed by atoms with van der Waals surface area (Å²) in [6, 6.07) is 16.3. The summed E-state index contributed by atoms with van der Waals surface area (Å²) >= 11 is 1.25. The number of carbonyl (C=O) groups is 2. The van der Waals surface area contributed by atoms with Crippen molar-refractivity contribution in [2.75, 3.05) is 5.32 Å². The first kappa shape index (κ1) is 25.5. The van der Waals surface area contributed by atoms with E-state index in [0.29, 0.717) is 30.1 Å². The van der Waals surface area contributed by atoms with Crippen LogP contribution in [0.5, 0.6) is 0 Å². The summed E-state index contributed by atoms with van der Waals surface area (Å²) in [7, 11) is -3.92. The van der Waals surface area contributed by atoms with Gasteiger partial charge >= 0.3 is 0 Å². The fourth-order valence-electron chi connectivity index (χ4n) is 3.23. The van der Waals surface area contributed by atoms with Crippen LogP contribution in [-0.4, -0.2) is 36.5 Å². The Bertz CT molecular complexity index is 1180. The molecule has 34 heavy (non-hydrogen) atoms. The molecule has 0 fully saturated rings. The zero-order valence-corrected chi connectivity index (χ0v) is 19.9. The minimum Gasteiger partial charge on any atom is -0.301 e. The number of hydroxylamine groups is 1. The van der Waals surface area contributed by atoms with Crippen LogP contribution in [0.1, 0.15) is 32.1 Å². The Morgan fingerprint density at radius 2 is 1.65 bits per heavy atom. The van der Waals surface area contributed by atoms with Crippen LogP contribution in [0.4, 0.5) is 5.13 Å². The Morgan fingerprint density at radius 3 is 2.32 bits per heavy atom. The van der Waals surface area contributed by atoms with E-state index in [1.165, 1.54) is 23.5 Å². The predicted molar refractivity (Wildman–Crippen MR) is 130 cm³/mol. The van der Waals surface area contributed by atoms with Crippen molar-refractivity contribution >= 4 is 38.3 Å². The summed E-state index contributed by atoms with van der Waals surface area (Å²) in [6.07, 6.45) is 1.96. The molecular formula is C23H26N4O5S2. The number of aromatic nitrogens is 1. The van der Waals surface area contributed by atoms with Gasteiger partial charge in [-0.1, -0.05) is 61.4 Å². The fourth-order valence-corrected chi connectivity index (χ4v) is 5.20. The molecule has 0 bridgehead atoms. The van der Waals surface area contributed by atoms with Crippen molar-refractivity contribution in [2.24, 2.45) is 0 Å². The topological polar surface area (TPSA) is 137 Å².